The summed E-state index contributed by atoms with van der Waals surface area (Å²) in [5, 5.41) is 10.1. The van der Waals surface area contributed by atoms with Gasteiger partial charge in [-0.3, -0.25) is 4.79 Å². The first kappa shape index (κ1) is 12.8. The van der Waals surface area contributed by atoms with Crippen molar-refractivity contribution in [3.8, 4) is 17.2 Å². The molecule has 6 nitrogen and oxygen atoms in total. The van der Waals surface area contributed by atoms with Gasteiger partial charge in [0.25, 0.3) is 5.78 Å². The van der Waals surface area contributed by atoms with Crippen LogP contribution in [0, 0.1) is 0 Å². The second-order valence-corrected chi connectivity index (χ2v) is 4.59. The third-order valence-corrected chi connectivity index (χ3v) is 3.46. The molecule has 2 heterocycles. The SMILES string of the molecule is CCOC(=O)C(=O)c1c2c(c(O)c3c1OCC3)OCC2. The number of carbonyl (C=O) groups is 2. The monoisotopic (exact) mass is 278 g/mol. The van der Waals surface area contributed by atoms with Crippen LogP contribution < -0.4 is 9.47 Å². The van der Waals surface area contributed by atoms with Crippen molar-refractivity contribution in [1.29, 1.82) is 0 Å². The molecule has 2 aliphatic rings. The molecule has 0 saturated carbocycles. The highest BCUT2D eigenvalue weighted by molar-refractivity contribution is 6.42. The Balaban J connectivity index is 2.16. The van der Waals surface area contributed by atoms with Gasteiger partial charge in [0.15, 0.2) is 11.5 Å². The Kier molecular flexibility index (Phi) is 3.00. The van der Waals surface area contributed by atoms with Crippen molar-refractivity contribution in [2.45, 2.75) is 19.8 Å². The summed E-state index contributed by atoms with van der Waals surface area (Å²) in [7, 11) is 0. The highest BCUT2D eigenvalue weighted by atomic mass is 16.5. The van der Waals surface area contributed by atoms with Crippen LogP contribution in [0.3, 0.4) is 0 Å². The molecular formula is C14H14O6. The summed E-state index contributed by atoms with van der Waals surface area (Å²) in [5.74, 6) is -1.05. The number of carbonyl (C=O) groups excluding carboxylic acids is 2. The van der Waals surface area contributed by atoms with E-state index >= 15 is 0 Å². The van der Waals surface area contributed by atoms with Gasteiger partial charge >= 0.3 is 5.97 Å². The summed E-state index contributed by atoms with van der Waals surface area (Å²) >= 11 is 0. The number of benzene rings is 1. The molecule has 0 spiro atoms. The van der Waals surface area contributed by atoms with Crippen molar-refractivity contribution in [2.24, 2.45) is 0 Å². The maximum Gasteiger partial charge on any atom is 0.379 e. The molecule has 6 heteroatoms. The van der Waals surface area contributed by atoms with Gasteiger partial charge < -0.3 is 19.3 Å². The second-order valence-electron chi connectivity index (χ2n) is 4.59. The molecule has 1 aromatic carbocycles. The number of hydrogen-bond acceptors (Lipinski definition) is 6. The predicted molar refractivity (Wildman–Crippen MR) is 67.5 cm³/mol. The average molecular weight is 278 g/mol. The summed E-state index contributed by atoms with van der Waals surface area (Å²) in [6, 6.07) is 0. The molecule has 0 aromatic heterocycles. The summed E-state index contributed by atoms with van der Waals surface area (Å²) in [6.07, 6.45) is 0.945. The predicted octanol–water partition coefficient (Wildman–Crippen LogP) is 1.01. The van der Waals surface area contributed by atoms with Crippen molar-refractivity contribution >= 4 is 11.8 Å². The second kappa shape index (κ2) is 4.70. The smallest absolute Gasteiger partial charge is 0.379 e. The van der Waals surface area contributed by atoms with E-state index in [1.54, 1.807) is 6.92 Å². The Morgan fingerprint density at radius 1 is 1.15 bits per heavy atom. The Labute approximate surface area is 115 Å². The topological polar surface area (TPSA) is 82.1 Å². The van der Waals surface area contributed by atoms with E-state index in [0.29, 0.717) is 48.7 Å². The van der Waals surface area contributed by atoms with Gasteiger partial charge in [0.1, 0.15) is 5.75 Å². The highest BCUT2D eigenvalue weighted by Gasteiger charge is 2.36. The molecule has 0 atom stereocenters. The normalized spacial score (nSPS) is 15.1. The molecule has 1 N–H and O–H groups in total. The van der Waals surface area contributed by atoms with Gasteiger partial charge in [-0.25, -0.2) is 4.79 Å². The number of fused-ring (bicyclic) bond motifs is 2. The molecule has 106 valence electrons. The maximum absolute atomic E-state index is 12.3. The van der Waals surface area contributed by atoms with E-state index in [2.05, 4.69) is 0 Å². The van der Waals surface area contributed by atoms with Crippen LogP contribution in [0.4, 0.5) is 0 Å². The molecule has 0 bridgehead atoms. The molecule has 2 aliphatic heterocycles. The number of ketones is 1. The number of hydrogen-bond donors (Lipinski definition) is 1. The van der Waals surface area contributed by atoms with Crippen molar-refractivity contribution in [3.63, 3.8) is 0 Å². The molecule has 20 heavy (non-hydrogen) atoms. The lowest BCUT2D eigenvalue weighted by atomic mass is 9.95. The minimum atomic E-state index is -0.912. The van der Waals surface area contributed by atoms with Crippen LogP contribution in [0.25, 0.3) is 0 Å². The largest absolute Gasteiger partial charge is 0.504 e. The first-order valence-corrected chi connectivity index (χ1v) is 6.52. The van der Waals surface area contributed by atoms with Gasteiger partial charge in [0.05, 0.1) is 25.4 Å². The Hall–Kier alpha value is -2.24. The number of Topliss-reactive ketones (excluding diaryl/α,β-unsaturated/α-hetero) is 1. The molecule has 0 radical (unpaired) electrons. The first-order valence-electron chi connectivity index (χ1n) is 6.52. The highest BCUT2D eigenvalue weighted by Crippen LogP contribution is 2.48. The van der Waals surface area contributed by atoms with Gasteiger partial charge in [-0.15, -0.1) is 0 Å². The number of esters is 1. The number of rotatable bonds is 3. The number of phenolic OH excluding ortho intramolecular Hbond substituents is 1. The van der Waals surface area contributed by atoms with Crippen LogP contribution in [-0.2, 0) is 22.4 Å². The third kappa shape index (κ3) is 1.71. The molecule has 0 aliphatic carbocycles. The van der Waals surface area contributed by atoms with Crippen LogP contribution in [-0.4, -0.2) is 36.7 Å². The van der Waals surface area contributed by atoms with Crippen molar-refractivity contribution in [1.82, 2.24) is 0 Å². The van der Waals surface area contributed by atoms with E-state index in [4.69, 9.17) is 14.2 Å². The van der Waals surface area contributed by atoms with E-state index < -0.39 is 11.8 Å². The first-order chi connectivity index (χ1) is 9.65. The molecular weight excluding hydrogens is 264 g/mol. The van der Waals surface area contributed by atoms with Gasteiger partial charge in [-0.2, -0.15) is 0 Å². The molecule has 0 saturated heterocycles. The fraction of sp³-hybridized carbons (Fsp3) is 0.429. The van der Waals surface area contributed by atoms with E-state index in [1.807, 2.05) is 0 Å². The zero-order chi connectivity index (χ0) is 14.3. The van der Waals surface area contributed by atoms with Crippen LogP contribution >= 0.6 is 0 Å². The van der Waals surface area contributed by atoms with Gasteiger partial charge in [0, 0.05) is 24.0 Å². The third-order valence-electron chi connectivity index (χ3n) is 3.46. The Bertz CT molecular complexity index is 569. The average Bonchev–Trinajstić information content (AvgIpc) is 3.07. The van der Waals surface area contributed by atoms with E-state index in [9.17, 15) is 14.7 Å². The summed E-state index contributed by atoms with van der Waals surface area (Å²) in [4.78, 5) is 24.0. The van der Waals surface area contributed by atoms with E-state index in [-0.39, 0.29) is 17.9 Å². The van der Waals surface area contributed by atoms with Gasteiger partial charge in [0.2, 0.25) is 0 Å². The fourth-order valence-corrected chi connectivity index (χ4v) is 2.62. The molecule has 3 rings (SSSR count). The van der Waals surface area contributed by atoms with Crippen molar-refractivity contribution in [2.75, 3.05) is 19.8 Å². The van der Waals surface area contributed by atoms with Crippen molar-refractivity contribution < 1.29 is 28.9 Å². The zero-order valence-electron chi connectivity index (χ0n) is 11.0. The van der Waals surface area contributed by atoms with Crippen LogP contribution in [0.5, 0.6) is 17.2 Å². The van der Waals surface area contributed by atoms with Crippen LogP contribution in [0.15, 0.2) is 0 Å². The summed E-state index contributed by atoms with van der Waals surface area (Å²) < 4.78 is 15.6. The van der Waals surface area contributed by atoms with Crippen molar-refractivity contribution in [3.05, 3.63) is 16.7 Å². The lowest BCUT2D eigenvalue weighted by Gasteiger charge is -2.13. The summed E-state index contributed by atoms with van der Waals surface area (Å²) in [6.45, 7) is 2.50. The molecule has 0 unspecified atom stereocenters. The van der Waals surface area contributed by atoms with Gasteiger partial charge in [-0.05, 0) is 6.92 Å². The van der Waals surface area contributed by atoms with E-state index in [0.717, 1.165) is 0 Å². The molecule has 0 amide bonds. The minimum Gasteiger partial charge on any atom is -0.504 e. The quantitative estimate of drug-likeness (QED) is 0.505. The number of aromatic hydroxyl groups is 1. The Morgan fingerprint density at radius 3 is 2.50 bits per heavy atom. The van der Waals surface area contributed by atoms with E-state index in [1.165, 1.54) is 0 Å². The minimum absolute atomic E-state index is 0.0189. The zero-order valence-corrected chi connectivity index (χ0v) is 11.0. The molecule has 1 aromatic rings. The fourth-order valence-electron chi connectivity index (χ4n) is 2.62. The lowest BCUT2D eigenvalue weighted by molar-refractivity contribution is -0.137. The molecule has 0 fully saturated rings. The standard InChI is InChI=1S/C14H14O6/c1-2-18-14(17)11(16)9-7-3-5-20-13(7)10(15)8-4-6-19-12(8)9/h15H,2-6H2,1H3. The maximum atomic E-state index is 12.3. The Morgan fingerprint density at radius 2 is 1.80 bits per heavy atom. The number of ether oxygens (including phenoxy) is 3. The summed E-state index contributed by atoms with van der Waals surface area (Å²) in [5.41, 5.74) is 1.24. The van der Waals surface area contributed by atoms with Gasteiger partial charge in [-0.1, -0.05) is 0 Å². The van der Waals surface area contributed by atoms with Crippen LogP contribution in [0.1, 0.15) is 28.4 Å². The van der Waals surface area contributed by atoms with Crippen LogP contribution in [0.2, 0.25) is 0 Å². The number of phenols is 1. The lowest BCUT2D eigenvalue weighted by Crippen LogP contribution is -2.19.